The maximum absolute atomic E-state index is 11.9. The quantitative estimate of drug-likeness (QED) is 0.688. The lowest BCUT2D eigenvalue weighted by atomic mass is 9.86. The Morgan fingerprint density at radius 2 is 1.74 bits per heavy atom. The van der Waals surface area contributed by atoms with E-state index in [9.17, 15) is 4.79 Å². The molecule has 0 aliphatic rings. The van der Waals surface area contributed by atoms with Crippen LogP contribution in [0.25, 0.3) is 0 Å². The first kappa shape index (κ1) is 20.7. The molecular weight excluding hydrogens is 338 g/mol. The molecule has 0 aliphatic carbocycles. The summed E-state index contributed by atoms with van der Waals surface area (Å²) in [6.07, 6.45) is 0.807. The van der Waals surface area contributed by atoms with Crippen LogP contribution in [0.15, 0.2) is 67.3 Å². The van der Waals surface area contributed by atoms with E-state index in [0.717, 1.165) is 11.1 Å². The van der Waals surface area contributed by atoms with Crippen molar-refractivity contribution >= 4 is 6.09 Å². The first-order valence-corrected chi connectivity index (χ1v) is 9.08. The Morgan fingerprint density at radius 1 is 1.11 bits per heavy atom. The molecule has 0 radical (unpaired) electrons. The molecule has 4 heteroatoms. The van der Waals surface area contributed by atoms with Gasteiger partial charge in [-0.2, -0.15) is 0 Å². The lowest BCUT2D eigenvalue weighted by Crippen LogP contribution is -2.36. The van der Waals surface area contributed by atoms with Crippen LogP contribution in [0, 0.1) is 0 Å². The molecule has 0 fully saturated rings. The van der Waals surface area contributed by atoms with E-state index in [4.69, 9.17) is 9.47 Å². The van der Waals surface area contributed by atoms with Crippen LogP contribution >= 0.6 is 0 Å². The Kier molecular flexibility index (Phi) is 7.19. The van der Waals surface area contributed by atoms with Crippen LogP contribution in [0.5, 0.6) is 0 Å². The molecule has 27 heavy (non-hydrogen) atoms. The van der Waals surface area contributed by atoms with Crippen molar-refractivity contribution in [2.45, 2.75) is 44.9 Å². The zero-order chi connectivity index (χ0) is 19.9. The summed E-state index contributed by atoms with van der Waals surface area (Å²) < 4.78 is 10.8. The molecule has 0 aliphatic heterocycles. The molecule has 0 saturated heterocycles. The standard InChI is InChI=1S/C23H29NO3/c1-6-20(27-16-17-10-8-7-9-11-17)21(24-22(25)26-5)18-12-14-19(15-13-18)23(2,3)4/h6-15,20-21H,1,16H2,2-5H3,(H,24,25)/t20-,21+/m0/s1. The van der Waals surface area contributed by atoms with Gasteiger partial charge in [0.25, 0.3) is 0 Å². The van der Waals surface area contributed by atoms with Gasteiger partial charge in [0.05, 0.1) is 19.8 Å². The highest BCUT2D eigenvalue weighted by molar-refractivity contribution is 5.67. The highest BCUT2D eigenvalue weighted by atomic mass is 16.5. The van der Waals surface area contributed by atoms with Crippen LogP contribution in [0.4, 0.5) is 4.79 Å². The van der Waals surface area contributed by atoms with Crippen molar-refractivity contribution < 1.29 is 14.3 Å². The average Bonchev–Trinajstić information content (AvgIpc) is 2.67. The number of ether oxygens (including phenoxy) is 2. The number of carbonyl (C=O) groups excluding carboxylic acids is 1. The summed E-state index contributed by atoms with van der Waals surface area (Å²) in [4.78, 5) is 11.9. The van der Waals surface area contributed by atoms with Crippen molar-refractivity contribution in [2.24, 2.45) is 0 Å². The monoisotopic (exact) mass is 367 g/mol. The van der Waals surface area contributed by atoms with Crippen LogP contribution in [-0.4, -0.2) is 19.3 Å². The van der Waals surface area contributed by atoms with Gasteiger partial charge in [-0.15, -0.1) is 6.58 Å². The van der Waals surface area contributed by atoms with Gasteiger partial charge >= 0.3 is 6.09 Å². The molecule has 0 heterocycles. The number of amides is 1. The van der Waals surface area contributed by atoms with Crippen molar-refractivity contribution in [1.82, 2.24) is 5.32 Å². The van der Waals surface area contributed by atoms with Gasteiger partial charge in [-0.1, -0.05) is 81.4 Å². The summed E-state index contributed by atoms with van der Waals surface area (Å²) in [6.45, 7) is 10.8. The van der Waals surface area contributed by atoms with Gasteiger partial charge < -0.3 is 14.8 Å². The third-order valence-corrected chi connectivity index (χ3v) is 4.44. The highest BCUT2D eigenvalue weighted by Gasteiger charge is 2.25. The second-order valence-corrected chi connectivity index (χ2v) is 7.48. The smallest absolute Gasteiger partial charge is 0.407 e. The normalized spacial score (nSPS) is 13.5. The molecule has 2 aromatic rings. The van der Waals surface area contributed by atoms with Gasteiger partial charge in [0.1, 0.15) is 6.10 Å². The number of methoxy groups -OCH3 is 1. The van der Waals surface area contributed by atoms with E-state index >= 15 is 0 Å². The number of hydrogen-bond donors (Lipinski definition) is 1. The minimum absolute atomic E-state index is 0.0610. The van der Waals surface area contributed by atoms with Gasteiger partial charge in [-0.25, -0.2) is 4.79 Å². The number of nitrogens with one attached hydrogen (secondary N) is 1. The van der Waals surface area contributed by atoms with E-state index in [0.29, 0.717) is 6.61 Å². The molecule has 1 amide bonds. The molecule has 4 nitrogen and oxygen atoms in total. The maximum Gasteiger partial charge on any atom is 0.407 e. The maximum atomic E-state index is 11.9. The Hall–Kier alpha value is -2.59. The molecular formula is C23H29NO3. The third-order valence-electron chi connectivity index (χ3n) is 4.44. The summed E-state index contributed by atoms with van der Waals surface area (Å²) in [5, 5.41) is 2.87. The minimum atomic E-state index is -0.505. The van der Waals surface area contributed by atoms with Crippen LogP contribution in [0.3, 0.4) is 0 Å². The van der Waals surface area contributed by atoms with Crippen molar-refractivity contribution in [3.05, 3.63) is 83.9 Å². The van der Waals surface area contributed by atoms with Gasteiger partial charge in [0, 0.05) is 0 Å². The van der Waals surface area contributed by atoms with Crippen LogP contribution in [0.2, 0.25) is 0 Å². The van der Waals surface area contributed by atoms with E-state index in [1.807, 2.05) is 42.5 Å². The summed E-state index contributed by atoms with van der Waals surface area (Å²) in [5.41, 5.74) is 3.28. The second-order valence-electron chi connectivity index (χ2n) is 7.48. The van der Waals surface area contributed by atoms with Gasteiger partial charge in [-0.3, -0.25) is 0 Å². The fourth-order valence-corrected chi connectivity index (χ4v) is 2.80. The number of benzene rings is 2. The van der Waals surface area contributed by atoms with Crippen LogP contribution in [-0.2, 0) is 21.5 Å². The second kappa shape index (κ2) is 9.38. The van der Waals surface area contributed by atoms with Gasteiger partial charge in [0.15, 0.2) is 0 Å². The van der Waals surface area contributed by atoms with Crippen molar-refractivity contribution in [3.8, 4) is 0 Å². The fraction of sp³-hybridized carbons (Fsp3) is 0.348. The molecule has 0 bridgehead atoms. The van der Waals surface area contributed by atoms with E-state index < -0.39 is 18.2 Å². The molecule has 2 atom stereocenters. The molecule has 2 aromatic carbocycles. The minimum Gasteiger partial charge on any atom is -0.453 e. The first-order chi connectivity index (χ1) is 12.8. The van der Waals surface area contributed by atoms with E-state index in [-0.39, 0.29) is 5.41 Å². The zero-order valence-corrected chi connectivity index (χ0v) is 16.6. The van der Waals surface area contributed by atoms with E-state index in [1.54, 1.807) is 6.08 Å². The summed E-state index contributed by atoms with van der Waals surface area (Å²) >= 11 is 0. The lowest BCUT2D eigenvalue weighted by Gasteiger charge is -2.27. The predicted octanol–water partition coefficient (Wildman–Crippen LogP) is 5.15. The van der Waals surface area contributed by atoms with E-state index in [1.165, 1.54) is 12.7 Å². The Bertz CT molecular complexity index is 732. The molecule has 144 valence electrons. The molecule has 1 N–H and O–H groups in total. The fourth-order valence-electron chi connectivity index (χ4n) is 2.80. The molecule has 0 saturated carbocycles. The third kappa shape index (κ3) is 5.97. The summed E-state index contributed by atoms with van der Waals surface area (Å²) in [5.74, 6) is 0. The topological polar surface area (TPSA) is 47.6 Å². The average molecular weight is 367 g/mol. The number of carbonyl (C=O) groups is 1. The van der Waals surface area contributed by atoms with Crippen molar-refractivity contribution in [2.75, 3.05) is 7.11 Å². The number of rotatable bonds is 7. The highest BCUT2D eigenvalue weighted by Crippen LogP contribution is 2.26. The molecule has 0 unspecified atom stereocenters. The first-order valence-electron chi connectivity index (χ1n) is 9.08. The zero-order valence-electron chi connectivity index (χ0n) is 16.6. The lowest BCUT2D eigenvalue weighted by molar-refractivity contribution is 0.0446. The van der Waals surface area contributed by atoms with E-state index in [2.05, 4.69) is 44.8 Å². The molecule has 0 spiro atoms. The summed E-state index contributed by atoms with van der Waals surface area (Å²) in [6, 6.07) is 17.7. The van der Waals surface area contributed by atoms with Crippen LogP contribution in [0.1, 0.15) is 43.5 Å². The molecule has 0 aromatic heterocycles. The SMILES string of the molecule is C=C[C@H](OCc1ccccc1)[C@H](NC(=O)OC)c1ccc(C(C)(C)C)cc1. The van der Waals surface area contributed by atoms with Crippen molar-refractivity contribution in [3.63, 3.8) is 0 Å². The predicted molar refractivity (Wildman–Crippen MR) is 109 cm³/mol. The van der Waals surface area contributed by atoms with Gasteiger partial charge in [-0.05, 0) is 22.1 Å². The largest absolute Gasteiger partial charge is 0.453 e. The molecule has 2 rings (SSSR count). The Balaban J connectivity index is 2.23. The summed E-state index contributed by atoms with van der Waals surface area (Å²) in [7, 11) is 1.35. The van der Waals surface area contributed by atoms with Gasteiger partial charge in [0.2, 0.25) is 0 Å². The van der Waals surface area contributed by atoms with Crippen LogP contribution < -0.4 is 5.32 Å². The van der Waals surface area contributed by atoms with Crippen molar-refractivity contribution in [1.29, 1.82) is 0 Å². The number of alkyl carbamates (subject to hydrolysis) is 1. The number of hydrogen-bond acceptors (Lipinski definition) is 3. The Morgan fingerprint density at radius 3 is 2.26 bits per heavy atom. The Labute approximate surface area is 162 Å².